The van der Waals surface area contributed by atoms with E-state index in [1.807, 2.05) is 30.3 Å². The Balaban J connectivity index is 1.46. The van der Waals surface area contributed by atoms with E-state index in [1.165, 1.54) is 12.8 Å². The van der Waals surface area contributed by atoms with Gasteiger partial charge < -0.3 is 15.4 Å². The Morgan fingerprint density at radius 3 is 2.70 bits per heavy atom. The molecule has 1 fully saturated rings. The first-order chi connectivity index (χ1) is 9.84. The van der Waals surface area contributed by atoms with E-state index in [0.29, 0.717) is 19.2 Å². The molecule has 0 heterocycles. The van der Waals surface area contributed by atoms with Crippen LogP contribution in [-0.2, 0) is 4.79 Å². The molecule has 1 aromatic rings. The van der Waals surface area contributed by atoms with Crippen LogP contribution in [0, 0.1) is 0 Å². The Morgan fingerprint density at radius 1 is 1.20 bits per heavy atom. The molecule has 0 atom stereocenters. The molecule has 20 heavy (non-hydrogen) atoms. The molecule has 0 unspecified atom stereocenters. The van der Waals surface area contributed by atoms with Gasteiger partial charge in [0.2, 0.25) is 5.91 Å². The lowest BCUT2D eigenvalue weighted by Crippen LogP contribution is -2.39. The predicted octanol–water partition coefficient (Wildman–Crippen LogP) is 2.10. The molecule has 0 aromatic heterocycles. The summed E-state index contributed by atoms with van der Waals surface area (Å²) in [5.74, 6) is 1.01. The van der Waals surface area contributed by atoms with Crippen LogP contribution in [0.15, 0.2) is 30.3 Å². The molecular weight excluding hydrogens is 252 g/mol. The van der Waals surface area contributed by atoms with Gasteiger partial charge in [-0.2, -0.15) is 0 Å². The Bertz CT molecular complexity index is 389. The highest BCUT2D eigenvalue weighted by molar-refractivity contribution is 5.78. The van der Waals surface area contributed by atoms with Gasteiger partial charge in [0.15, 0.2) is 0 Å². The summed E-state index contributed by atoms with van der Waals surface area (Å²) in [6.07, 6.45) is 5.66. The zero-order chi connectivity index (χ0) is 14.0. The Kier molecular flexibility index (Phi) is 6.38. The van der Waals surface area contributed by atoms with E-state index in [1.54, 1.807) is 0 Å². The van der Waals surface area contributed by atoms with E-state index in [0.717, 1.165) is 31.6 Å². The third kappa shape index (κ3) is 5.61. The highest BCUT2D eigenvalue weighted by Crippen LogP contribution is 2.17. The van der Waals surface area contributed by atoms with Crippen molar-refractivity contribution < 1.29 is 9.53 Å². The third-order valence-electron chi connectivity index (χ3n) is 3.52. The molecule has 0 spiro atoms. The molecule has 0 aliphatic heterocycles. The van der Waals surface area contributed by atoms with Gasteiger partial charge in [0.05, 0.1) is 13.2 Å². The maximum atomic E-state index is 11.6. The molecule has 2 N–H and O–H groups in total. The van der Waals surface area contributed by atoms with Crippen LogP contribution in [0.2, 0.25) is 0 Å². The van der Waals surface area contributed by atoms with Crippen LogP contribution >= 0.6 is 0 Å². The summed E-state index contributed by atoms with van der Waals surface area (Å²) in [5.41, 5.74) is 0. The van der Waals surface area contributed by atoms with E-state index in [2.05, 4.69) is 10.6 Å². The SMILES string of the molecule is O=C(CNCCCOc1ccccc1)NC1CCCC1. The van der Waals surface area contributed by atoms with E-state index in [9.17, 15) is 4.79 Å². The number of benzene rings is 1. The van der Waals surface area contributed by atoms with Crippen molar-refractivity contribution in [2.75, 3.05) is 19.7 Å². The Hall–Kier alpha value is -1.55. The minimum Gasteiger partial charge on any atom is -0.494 e. The van der Waals surface area contributed by atoms with Gasteiger partial charge in [-0.15, -0.1) is 0 Å². The molecule has 110 valence electrons. The number of amides is 1. The fourth-order valence-corrected chi connectivity index (χ4v) is 2.45. The van der Waals surface area contributed by atoms with E-state index < -0.39 is 0 Å². The summed E-state index contributed by atoms with van der Waals surface area (Å²) < 4.78 is 5.58. The predicted molar refractivity (Wildman–Crippen MR) is 79.8 cm³/mol. The summed E-state index contributed by atoms with van der Waals surface area (Å²) in [5, 5.41) is 6.22. The molecule has 1 saturated carbocycles. The third-order valence-corrected chi connectivity index (χ3v) is 3.52. The molecular formula is C16H24N2O2. The summed E-state index contributed by atoms with van der Waals surface area (Å²) in [7, 11) is 0. The summed E-state index contributed by atoms with van der Waals surface area (Å²) >= 11 is 0. The summed E-state index contributed by atoms with van der Waals surface area (Å²) in [6.45, 7) is 1.87. The van der Waals surface area contributed by atoms with Crippen molar-refractivity contribution in [2.24, 2.45) is 0 Å². The number of ether oxygens (including phenoxy) is 1. The molecule has 1 aromatic carbocycles. The topological polar surface area (TPSA) is 50.4 Å². The van der Waals surface area contributed by atoms with Gasteiger partial charge >= 0.3 is 0 Å². The second-order valence-corrected chi connectivity index (χ2v) is 5.24. The number of hydrogen-bond donors (Lipinski definition) is 2. The van der Waals surface area contributed by atoms with Crippen LogP contribution in [0.25, 0.3) is 0 Å². The van der Waals surface area contributed by atoms with Gasteiger partial charge in [-0.3, -0.25) is 4.79 Å². The standard InChI is InChI=1S/C16H24N2O2/c19-16(18-14-7-4-5-8-14)13-17-11-6-12-20-15-9-2-1-3-10-15/h1-3,9-10,14,17H,4-8,11-13H2,(H,18,19). The number of hydrogen-bond acceptors (Lipinski definition) is 3. The molecule has 0 radical (unpaired) electrons. The highest BCUT2D eigenvalue weighted by atomic mass is 16.5. The number of carbonyl (C=O) groups excluding carboxylic acids is 1. The molecule has 4 nitrogen and oxygen atoms in total. The quantitative estimate of drug-likeness (QED) is 0.715. The van der Waals surface area contributed by atoms with Gasteiger partial charge in [-0.05, 0) is 37.9 Å². The fourth-order valence-electron chi connectivity index (χ4n) is 2.45. The first-order valence-electron chi connectivity index (χ1n) is 7.52. The van der Waals surface area contributed by atoms with Crippen LogP contribution < -0.4 is 15.4 Å². The molecule has 1 aliphatic carbocycles. The van der Waals surface area contributed by atoms with Gasteiger partial charge in [-0.1, -0.05) is 31.0 Å². The van der Waals surface area contributed by atoms with Crippen LogP contribution in [0.3, 0.4) is 0 Å². The number of rotatable bonds is 8. The average Bonchev–Trinajstić information content (AvgIpc) is 2.96. The van der Waals surface area contributed by atoms with Crippen molar-refractivity contribution in [3.05, 3.63) is 30.3 Å². The maximum Gasteiger partial charge on any atom is 0.234 e. The largest absolute Gasteiger partial charge is 0.494 e. The first-order valence-corrected chi connectivity index (χ1v) is 7.52. The summed E-state index contributed by atoms with van der Waals surface area (Å²) in [4.78, 5) is 11.6. The first kappa shape index (κ1) is 14.9. The van der Waals surface area contributed by atoms with Gasteiger partial charge in [0, 0.05) is 6.04 Å². The van der Waals surface area contributed by atoms with Crippen molar-refractivity contribution >= 4 is 5.91 Å². The number of carbonyl (C=O) groups is 1. The van der Waals surface area contributed by atoms with Crippen molar-refractivity contribution in [1.29, 1.82) is 0 Å². The molecule has 0 bridgehead atoms. The van der Waals surface area contributed by atoms with E-state index >= 15 is 0 Å². The zero-order valence-electron chi connectivity index (χ0n) is 11.9. The molecule has 1 amide bonds. The van der Waals surface area contributed by atoms with Crippen molar-refractivity contribution in [3.8, 4) is 5.75 Å². The molecule has 2 rings (SSSR count). The van der Waals surface area contributed by atoms with Crippen molar-refractivity contribution in [1.82, 2.24) is 10.6 Å². The monoisotopic (exact) mass is 276 g/mol. The minimum absolute atomic E-state index is 0.112. The van der Waals surface area contributed by atoms with Gasteiger partial charge in [-0.25, -0.2) is 0 Å². The van der Waals surface area contributed by atoms with Gasteiger partial charge in [0.1, 0.15) is 5.75 Å². The lowest BCUT2D eigenvalue weighted by molar-refractivity contribution is -0.120. The fraction of sp³-hybridized carbons (Fsp3) is 0.562. The highest BCUT2D eigenvalue weighted by Gasteiger charge is 2.16. The van der Waals surface area contributed by atoms with E-state index in [4.69, 9.17) is 4.74 Å². The Labute approximate surface area is 120 Å². The molecule has 1 aliphatic rings. The van der Waals surface area contributed by atoms with Crippen molar-refractivity contribution in [3.63, 3.8) is 0 Å². The zero-order valence-corrected chi connectivity index (χ0v) is 11.9. The lowest BCUT2D eigenvalue weighted by Gasteiger charge is -2.12. The van der Waals surface area contributed by atoms with Crippen LogP contribution in [-0.4, -0.2) is 31.6 Å². The second-order valence-electron chi connectivity index (χ2n) is 5.24. The number of nitrogens with one attached hydrogen (secondary N) is 2. The average molecular weight is 276 g/mol. The van der Waals surface area contributed by atoms with Crippen molar-refractivity contribution in [2.45, 2.75) is 38.1 Å². The van der Waals surface area contributed by atoms with Crippen LogP contribution in [0.1, 0.15) is 32.1 Å². The molecule has 4 heteroatoms. The maximum absolute atomic E-state index is 11.6. The lowest BCUT2D eigenvalue weighted by atomic mass is 10.2. The normalized spacial score (nSPS) is 15.2. The Morgan fingerprint density at radius 2 is 1.95 bits per heavy atom. The summed E-state index contributed by atoms with van der Waals surface area (Å²) in [6, 6.07) is 10.2. The van der Waals surface area contributed by atoms with Gasteiger partial charge in [0.25, 0.3) is 0 Å². The van der Waals surface area contributed by atoms with E-state index in [-0.39, 0.29) is 5.91 Å². The second kappa shape index (κ2) is 8.59. The van der Waals surface area contributed by atoms with Crippen LogP contribution in [0.4, 0.5) is 0 Å². The van der Waals surface area contributed by atoms with Crippen LogP contribution in [0.5, 0.6) is 5.75 Å². The molecule has 0 saturated heterocycles. The number of para-hydroxylation sites is 1. The minimum atomic E-state index is 0.112. The smallest absolute Gasteiger partial charge is 0.234 e.